The smallest absolute Gasteiger partial charge is 0.338 e. The van der Waals surface area contributed by atoms with Gasteiger partial charge in [0.15, 0.2) is 0 Å². The van der Waals surface area contributed by atoms with Crippen molar-refractivity contribution < 1.29 is 50.2 Å². The fraction of sp³-hybridized carbons (Fsp3) is 0.488. The number of hydrogen-bond acceptors (Lipinski definition) is 10. The van der Waals surface area contributed by atoms with Crippen molar-refractivity contribution in [1.29, 1.82) is 0 Å². The maximum absolute atomic E-state index is 12.8. The quantitative estimate of drug-likeness (QED) is 0.0589. The van der Waals surface area contributed by atoms with Crippen LogP contribution in [0.2, 0.25) is 0 Å². The van der Waals surface area contributed by atoms with Gasteiger partial charge in [-0.3, -0.25) is 4.18 Å². The van der Waals surface area contributed by atoms with Crippen molar-refractivity contribution in [2.24, 2.45) is 0 Å². The third-order valence-electron chi connectivity index (χ3n) is 8.76. The largest absolute Gasteiger partial charge is 0.726 e. The van der Waals surface area contributed by atoms with Crippen LogP contribution in [0.5, 0.6) is 0 Å². The molecule has 0 bridgehead atoms. The van der Waals surface area contributed by atoms with Gasteiger partial charge < -0.3 is 23.2 Å². The van der Waals surface area contributed by atoms with Crippen molar-refractivity contribution in [3.05, 3.63) is 106 Å². The summed E-state index contributed by atoms with van der Waals surface area (Å²) in [6.45, 7) is 20.9. The molecule has 0 N–H and O–H groups in total. The van der Waals surface area contributed by atoms with Crippen LogP contribution in [0.15, 0.2) is 72.8 Å². The number of quaternary nitrogens is 1. The summed E-state index contributed by atoms with van der Waals surface area (Å²) >= 11 is 0. The van der Waals surface area contributed by atoms with Crippen LogP contribution in [0, 0.1) is 0 Å². The van der Waals surface area contributed by atoms with E-state index < -0.39 is 28.3 Å². The van der Waals surface area contributed by atoms with Crippen LogP contribution in [0.25, 0.3) is 0 Å². The lowest BCUT2D eigenvalue weighted by Gasteiger charge is -2.34. The van der Waals surface area contributed by atoms with Gasteiger partial charge in [0.2, 0.25) is 10.4 Å². The number of likely N-dealkylation sites (N-methyl/N-ethyl adjacent to an activating group) is 1. The molecule has 0 heterocycles. The molecule has 0 aliphatic heterocycles. The molecule has 0 amide bonds. The van der Waals surface area contributed by atoms with Crippen LogP contribution >= 0.6 is 0 Å². The molecule has 11 nitrogen and oxygen atoms in total. The predicted molar refractivity (Wildman–Crippen MR) is 204 cm³/mol. The summed E-state index contributed by atoms with van der Waals surface area (Å²) in [5, 5.41) is 0. The number of carbonyl (C=O) groups excluding carboxylic acids is 3. The zero-order valence-corrected chi connectivity index (χ0v) is 33.9. The number of hydrogen-bond donors (Lipinski definition) is 0. The van der Waals surface area contributed by atoms with Gasteiger partial charge in [-0.2, -0.15) is 0 Å². The van der Waals surface area contributed by atoms with Gasteiger partial charge >= 0.3 is 17.9 Å². The number of ether oxygens (including phenoxy) is 3. The maximum atomic E-state index is 12.8. The summed E-state index contributed by atoms with van der Waals surface area (Å²) in [4.78, 5) is 38.4. The van der Waals surface area contributed by atoms with Gasteiger partial charge in [-0.05, 0) is 69.3 Å². The molecule has 12 heteroatoms. The lowest BCUT2D eigenvalue weighted by Crippen LogP contribution is -2.51. The minimum atomic E-state index is -4.41. The summed E-state index contributed by atoms with van der Waals surface area (Å²) in [6.07, 6.45) is 0. The minimum absolute atomic E-state index is 0.0135. The maximum Gasteiger partial charge on any atom is 0.338 e. The van der Waals surface area contributed by atoms with Crippen molar-refractivity contribution in [2.45, 2.75) is 78.6 Å². The molecule has 3 aromatic carbocycles. The molecule has 0 aromatic heterocycles. The standard InChI is InChI=1S/C40H54NO6.CH4O4S/c1-38(2,3)32-17-11-29(12-18-32)35(42)45-26-23-41(10,24-27-46-36(43)30-13-19-33(20-14-30)39(4,5)6)25-28-47-37(44)31-15-21-34(22-16-31)40(7,8)9;1-5-6(2,3)4/h11-22H,23-28H2,1-10H3;1H3,(H,2,3,4)/q+1;/p-1. The first kappa shape index (κ1) is 45.1. The van der Waals surface area contributed by atoms with E-state index in [0.29, 0.717) is 40.8 Å². The van der Waals surface area contributed by atoms with Crippen molar-refractivity contribution in [3.63, 3.8) is 0 Å². The number of benzene rings is 3. The monoisotopic (exact) mass is 755 g/mol. The highest BCUT2D eigenvalue weighted by molar-refractivity contribution is 7.80. The van der Waals surface area contributed by atoms with Gasteiger partial charge in [0.25, 0.3) is 0 Å². The molecule has 3 rings (SSSR count). The molecule has 0 spiro atoms. The zero-order valence-electron chi connectivity index (χ0n) is 33.1. The molecule has 0 aliphatic rings. The Morgan fingerprint density at radius 3 is 0.906 bits per heavy atom. The molecule has 3 aromatic rings. The topological polar surface area (TPSA) is 145 Å². The molecule has 0 fully saturated rings. The summed E-state index contributed by atoms with van der Waals surface area (Å²) in [7, 11) is -1.63. The summed E-state index contributed by atoms with van der Waals surface area (Å²) in [5.74, 6) is -1.19. The summed E-state index contributed by atoms with van der Waals surface area (Å²) < 4.78 is 48.3. The van der Waals surface area contributed by atoms with E-state index in [0.717, 1.165) is 23.8 Å². The highest BCUT2D eigenvalue weighted by atomic mass is 32.3. The first-order chi connectivity index (χ1) is 24.3. The molecule has 0 saturated heterocycles. The molecule has 0 saturated carbocycles. The lowest BCUT2D eigenvalue weighted by molar-refractivity contribution is -0.909. The van der Waals surface area contributed by atoms with Crippen LogP contribution in [0.3, 0.4) is 0 Å². The Balaban J connectivity index is 0.00000149. The van der Waals surface area contributed by atoms with Crippen LogP contribution in [-0.4, -0.2) is 89.0 Å². The van der Waals surface area contributed by atoms with E-state index in [-0.39, 0.29) is 36.1 Å². The first-order valence-corrected chi connectivity index (χ1v) is 18.9. The third-order valence-corrected chi connectivity index (χ3v) is 9.17. The number of carbonyl (C=O) groups is 3. The lowest BCUT2D eigenvalue weighted by atomic mass is 9.87. The second-order valence-electron chi connectivity index (χ2n) is 16.3. The van der Waals surface area contributed by atoms with Gasteiger partial charge in [-0.1, -0.05) is 98.7 Å². The number of esters is 3. The predicted octanol–water partition coefficient (Wildman–Crippen LogP) is 6.99. The van der Waals surface area contributed by atoms with Crippen molar-refractivity contribution in [3.8, 4) is 0 Å². The van der Waals surface area contributed by atoms with Crippen LogP contribution in [0.1, 0.15) is 110 Å². The van der Waals surface area contributed by atoms with Crippen molar-refractivity contribution in [1.82, 2.24) is 0 Å². The SMILES string of the molecule is CC(C)(C)c1ccc(C(=O)OCC[N+](C)(CCOC(=O)c2ccc(C(C)(C)C)cc2)CCOC(=O)c2ccc(C(C)(C)C)cc2)cc1.COS(=O)(=O)[O-]. The number of rotatable bonds is 13. The Morgan fingerprint density at radius 1 is 0.528 bits per heavy atom. The molecule has 292 valence electrons. The molecule has 0 unspecified atom stereocenters. The second-order valence-corrected chi connectivity index (χ2v) is 17.4. The second kappa shape index (κ2) is 18.8. The average molecular weight is 756 g/mol. The molecular weight excluding hydrogens is 699 g/mol. The van der Waals surface area contributed by atoms with E-state index in [1.54, 1.807) is 36.4 Å². The Morgan fingerprint density at radius 2 is 0.736 bits per heavy atom. The van der Waals surface area contributed by atoms with E-state index in [2.05, 4.69) is 66.5 Å². The van der Waals surface area contributed by atoms with Gasteiger partial charge in [-0.15, -0.1) is 0 Å². The number of nitrogens with zero attached hydrogens (tertiary/aromatic N) is 1. The average Bonchev–Trinajstić information content (AvgIpc) is 3.07. The minimum Gasteiger partial charge on any atom is -0.726 e. The fourth-order valence-electron chi connectivity index (χ4n) is 4.98. The van der Waals surface area contributed by atoms with Crippen molar-refractivity contribution >= 4 is 28.3 Å². The molecule has 53 heavy (non-hydrogen) atoms. The van der Waals surface area contributed by atoms with E-state index in [1.807, 2.05) is 43.4 Å². The summed E-state index contributed by atoms with van der Waals surface area (Å²) in [6, 6.07) is 22.4. The zero-order chi connectivity index (χ0) is 40.3. The van der Waals surface area contributed by atoms with Crippen LogP contribution < -0.4 is 0 Å². The fourth-order valence-corrected chi connectivity index (χ4v) is 4.98. The van der Waals surface area contributed by atoms with Gasteiger partial charge in [0.05, 0.1) is 30.8 Å². The molecule has 0 radical (unpaired) electrons. The highest BCUT2D eigenvalue weighted by Crippen LogP contribution is 2.24. The van der Waals surface area contributed by atoms with E-state index in [1.165, 1.54) is 0 Å². The Kier molecular flexibility index (Phi) is 16.0. The van der Waals surface area contributed by atoms with Gasteiger partial charge in [0.1, 0.15) is 39.5 Å². The Bertz CT molecular complexity index is 1560. The van der Waals surface area contributed by atoms with Gasteiger partial charge in [-0.25, -0.2) is 22.8 Å². The van der Waals surface area contributed by atoms with Gasteiger partial charge in [0, 0.05) is 0 Å². The molecule has 0 atom stereocenters. The Hall–Kier alpha value is -4.10. The third kappa shape index (κ3) is 15.8. The van der Waals surface area contributed by atoms with Crippen LogP contribution in [-0.2, 0) is 45.0 Å². The highest BCUT2D eigenvalue weighted by Gasteiger charge is 2.25. The molecular formula is C41H57NO10S. The first-order valence-electron chi connectivity index (χ1n) is 17.5. The van der Waals surface area contributed by atoms with E-state index in [4.69, 9.17) is 14.2 Å². The van der Waals surface area contributed by atoms with E-state index in [9.17, 15) is 27.4 Å². The summed E-state index contributed by atoms with van der Waals surface area (Å²) in [5.41, 5.74) is 4.84. The van der Waals surface area contributed by atoms with Crippen molar-refractivity contribution in [2.75, 3.05) is 53.6 Å². The molecule has 0 aliphatic carbocycles. The Labute approximate surface area is 316 Å². The van der Waals surface area contributed by atoms with Crippen LogP contribution in [0.4, 0.5) is 0 Å². The normalized spacial score (nSPS) is 12.3. The van der Waals surface area contributed by atoms with E-state index >= 15 is 0 Å².